The molecule has 4 rings (SSSR count). The van der Waals surface area contributed by atoms with Crippen LogP contribution in [0.4, 0.5) is 0 Å². The molecule has 0 bridgehead atoms. The average Bonchev–Trinajstić information content (AvgIpc) is 2.91. The number of nitrogens with two attached hydrogens (primary N) is 1. The third-order valence-corrected chi connectivity index (χ3v) is 4.39. The summed E-state index contributed by atoms with van der Waals surface area (Å²) in [7, 11) is 0. The molecule has 2 N–H and O–H groups in total. The van der Waals surface area contributed by atoms with Crippen molar-refractivity contribution in [1.29, 1.82) is 0 Å². The fourth-order valence-corrected chi connectivity index (χ4v) is 3.52. The molecular weight excluding hydrogens is 280 g/mol. The second kappa shape index (κ2) is 3.76. The van der Waals surface area contributed by atoms with Crippen LogP contribution in [-0.4, -0.2) is 16.3 Å². The van der Waals surface area contributed by atoms with Crippen LogP contribution in [0.15, 0.2) is 29.0 Å². The monoisotopic (exact) mass is 290 g/mol. The number of carbonyl (C=O) groups excluding carboxylic acids is 2. The molecule has 20 heavy (non-hydrogen) atoms. The summed E-state index contributed by atoms with van der Waals surface area (Å²) in [4.78, 5) is 24.4. The van der Waals surface area contributed by atoms with Gasteiger partial charge in [0.05, 0.1) is 11.5 Å². The van der Waals surface area contributed by atoms with Gasteiger partial charge in [0.15, 0.2) is 5.78 Å². The van der Waals surface area contributed by atoms with Crippen molar-refractivity contribution >= 4 is 29.2 Å². The number of hydrogen-bond acceptors (Lipinski definition) is 4. The number of halogens is 1. The first-order valence-corrected chi connectivity index (χ1v) is 6.83. The van der Waals surface area contributed by atoms with Gasteiger partial charge in [0.1, 0.15) is 16.7 Å². The second-order valence-electron chi connectivity index (χ2n) is 5.15. The molecule has 1 aliphatic carbocycles. The van der Waals surface area contributed by atoms with Crippen molar-refractivity contribution in [2.24, 2.45) is 5.73 Å². The van der Waals surface area contributed by atoms with Gasteiger partial charge in [-0.3, -0.25) is 9.36 Å². The maximum Gasteiger partial charge on any atom is 0.343 e. The maximum atomic E-state index is 12.2. The molecule has 0 radical (unpaired) electrons. The lowest BCUT2D eigenvalue weighted by molar-refractivity contribution is -0.137. The van der Waals surface area contributed by atoms with Crippen LogP contribution >= 0.6 is 11.6 Å². The number of nitrogens with zero attached hydrogens (tertiary/aromatic N) is 1. The van der Waals surface area contributed by atoms with Crippen LogP contribution in [0, 0.1) is 0 Å². The summed E-state index contributed by atoms with van der Waals surface area (Å²) in [6.07, 6.45) is 1.81. The molecule has 3 heterocycles. The number of aromatic nitrogens is 1. The van der Waals surface area contributed by atoms with Crippen LogP contribution in [0.3, 0.4) is 0 Å². The number of fused-ring (bicyclic) bond motifs is 4. The smallest absolute Gasteiger partial charge is 0.343 e. The largest absolute Gasteiger partial charge is 0.427 e. The molecule has 5 nitrogen and oxygen atoms in total. The van der Waals surface area contributed by atoms with E-state index in [-0.39, 0.29) is 11.6 Å². The van der Waals surface area contributed by atoms with E-state index in [0.29, 0.717) is 41.3 Å². The zero-order valence-electron chi connectivity index (χ0n) is 10.5. The SMILES string of the molecule is NC1=C2C(=O)OC3=C(C(=O)CCC3)C2c2ccc(Cl)n21. The topological polar surface area (TPSA) is 74.3 Å². The van der Waals surface area contributed by atoms with E-state index >= 15 is 0 Å². The quantitative estimate of drug-likeness (QED) is 0.741. The lowest BCUT2D eigenvalue weighted by atomic mass is 9.80. The van der Waals surface area contributed by atoms with E-state index in [1.807, 2.05) is 0 Å². The Morgan fingerprint density at radius 2 is 2.05 bits per heavy atom. The van der Waals surface area contributed by atoms with Gasteiger partial charge in [-0.05, 0) is 18.6 Å². The first-order valence-electron chi connectivity index (χ1n) is 6.45. The highest BCUT2D eigenvalue weighted by atomic mass is 35.5. The zero-order valence-corrected chi connectivity index (χ0v) is 11.2. The predicted molar refractivity (Wildman–Crippen MR) is 71.6 cm³/mol. The number of allylic oxidation sites excluding steroid dienone is 2. The van der Waals surface area contributed by atoms with Crippen molar-refractivity contribution in [3.05, 3.63) is 39.9 Å². The van der Waals surface area contributed by atoms with Crippen LogP contribution < -0.4 is 5.73 Å². The minimum Gasteiger partial charge on any atom is -0.427 e. The Bertz CT molecular complexity index is 742. The summed E-state index contributed by atoms with van der Waals surface area (Å²) in [5.74, 6) is -0.111. The Kier molecular flexibility index (Phi) is 2.22. The average molecular weight is 291 g/mol. The van der Waals surface area contributed by atoms with Gasteiger partial charge in [0, 0.05) is 24.1 Å². The van der Waals surface area contributed by atoms with Crippen molar-refractivity contribution < 1.29 is 14.3 Å². The van der Waals surface area contributed by atoms with Gasteiger partial charge in [-0.25, -0.2) is 4.79 Å². The summed E-state index contributed by atoms with van der Waals surface area (Å²) in [6, 6.07) is 3.52. The van der Waals surface area contributed by atoms with Crippen LogP contribution in [-0.2, 0) is 14.3 Å². The molecule has 0 aromatic carbocycles. The van der Waals surface area contributed by atoms with Gasteiger partial charge < -0.3 is 10.5 Å². The highest BCUT2D eigenvalue weighted by Crippen LogP contribution is 2.49. The Hall–Kier alpha value is -2.01. The summed E-state index contributed by atoms with van der Waals surface area (Å²) < 4.78 is 6.92. The van der Waals surface area contributed by atoms with Crippen molar-refractivity contribution in [3.63, 3.8) is 0 Å². The third-order valence-electron chi connectivity index (χ3n) is 4.10. The number of ketones is 1. The number of hydrogen-bond donors (Lipinski definition) is 1. The number of Topliss-reactive ketones (excluding diaryl/α,β-unsaturated/α-hetero) is 1. The number of ether oxygens (including phenoxy) is 1. The van der Waals surface area contributed by atoms with E-state index in [9.17, 15) is 9.59 Å². The van der Waals surface area contributed by atoms with Crippen LogP contribution in [0.1, 0.15) is 30.9 Å². The third kappa shape index (κ3) is 1.28. The molecule has 1 aromatic rings. The van der Waals surface area contributed by atoms with Gasteiger partial charge in [0.25, 0.3) is 0 Å². The first-order chi connectivity index (χ1) is 9.59. The lowest BCUT2D eigenvalue weighted by Gasteiger charge is -2.28. The highest BCUT2D eigenvalue weighted by Gasteiger charge is 2.46. The van der Waals surface area contributed by atoms with Gasteiger partial charge in [-0.2, -0.15) is 0 Å². The Labute approximate surface area is 119 Å². The summed E-state index contributed by atoms with van der Waals surface area (Å²) in [6.45, 7) is 0. The van der Waals surface area contributed by atoms with Gasteiger partial charge in [-0.1, -0.05) is 11.6 Å². The predicted octanol–water partition coefficient (Wildman–Crippen LogP) is 1.93. The van der Waals surface area contributed by atoms with E-state index in [0.717, 1.165) is 5.69 Å². The molecule has 3 aliphatic rings. The summed E-state index contributed by atoms with van der Waals surface area (Å²) >= 11 is 6.10. The molecule has 102 valence electrons. The van der Waals surface area contributed by atoms with Gasteiger partial charge in [0.2, 0.25) is 0 Å². The Morgan fingerprint density at radius 1 is 1.25 bits per heavy atom. The van der Waals surface area contributed by atoms with Crippen LogP contribution in [0.5, 0.6) is 0 Å². The maximum absolute atomic E-state index is 12.2. The fourth-order valence-electron chi connectivity index (χ4n) is 3.27. The highest BCUT2D eigenvalue weighted by molar-refractivity contribution is 6.30. The van der Waals surface area contributed by atoms with Gasteiger partial charge in [-0.15, -0.1) is 0 Å². The number of esters is 1. The van der Waals surface area contributed by atoms with E-state index in [1.165, 1.54) is 0 Å². The van der Waals surface area contributed by atoms with Crippen molar-refractivity contribution in [3.8, 4) is 0 Å². The molecule has 0 saturated heterocycles. The lowest BCUT2D eigenvalue weighted by Crippen LogP contribution is -2.29. The van der Waals surface area contributed by atoms with E-state index < -0.39 is 11.9 Å². The van der Waals surface area contributed by atoms with Crippen LogP contribution in [0.2, 0.25) is 5.15 Å². The molecule has 0 amide bonds. The first kappa shape index (κ1) is 11.8. The minimum atomic E-state index is -0.472. The molecule has 1 unspecified atom stereocenters. The van der Waals surface area contributed by atoms with Crippen molar-refractivity contribution in [2.45, 2.75) is 25.2 Å². The Morgan fingerprint density at radius 3 is 2.85 bits per heavy atom. The summed E-state index contributed by atoms with van der Waals surface area (Å²) in [5.41, 5.74) is 7.69. The molecule has 6 heteroatoms. The number of rotatable bonds is 0. The number of carbonyl (C=O) groups is 2. The molecular formula is C14H11ClN2O3. The van der Waals surface area contributed by atoms with E-state index in [2.05, 4.69) is 0 Å². The van der Waals surface area contributed by atoms with E-state index in [1.54, 1.807) is 16.7 Å². The molecule has 0 saturated carbocycles. The van der Waals surface area contributed by atoms with Crippen LogP contribution in [0.25, 0.3) is 5.82 Å². The molecule has 0 fully saturated rings. The van der Waals surface area contributed by atoms with Crippen molar-refractivity contribution in [2.75, 3.05) is 0 Å². The van der Waals surface area contributed by atoms with Gasteiger partial charge >= 0.3 is 5.97 Å². The normalized spacial score (nSPS) is 24.6. The molecule has 1 atom stereocenters. The zero-order chi connectivity index (χ0) is 14.0. The standard InChI is InChI=1S/C14H11ClN2O3/c15-9-5-4-6-10-11-7(18)2-1-3-8(11)20-14(19)12(10)13(16)17(6)9/h4-5,10H,1-3,16H2. The molecule has 2 aliphatic heterocycles. The Balaban J connectivity index is 2.02. The minimum absolute atomic E-state index is 0.0276. The molecule has 0 spiro atoms. The molecule has 1 aromatic heterocycles. The van der Waals surface area contributed by atoms with Crippen molar-refractivity contribution in [1.82, 2.24) is 4.57 Å². The van der Waals surface area contributed by atoms with E-state index in [4.69, 9.17) is 22.1 Å². The summed E-state index contributed by atoms with van der Waals surface area (Å²) in [5, 5.41) is 0.428. The fraction of sp³-hybridized carbons (Fsp3) is 0.286. The second-order valence-corrected chi connectivity index (χ2v) is 5.54.